The highest BCUT2D eigenvalue weighted by molar-refractivity contribution is 6.20. The maximum Gasteiger partial charge on any atom is 0.0803 e. The summed E-state index contributed by atoms with van der Waals surface area (Å²) >= 11 is 0. The average molecular weight is 360 g/mol. The van der Waals surface area contributed by atoms with Crippen molar-refractivity contribution in [3.05, 3.63) is 110 Å². The number of hydrogen-bond donors (Lipinski definition) is 0. The fourth-order valence-corrected chi connectivity index (χ4v) is 4.15. The molecule has 0 atom stereocenters. The van der Waals surface area contributed by atoms with E-state index in [1.165, 1.54) is 27.3 Å². The summed E-state index contributed by atoms with van der Waals surface area (Å²) in [5.41, 5.74) is 6.92. The Morgan fingerprint density at radius 1 is 0.679 bits per heavy atom. The van der Waals surface area contributed by atoms with Crippen LogP contribution in [-0.4, -0.2) is 9.13 Å². The molecular weight excluding hydrogens is 340 g/mol. The number of benzene rings is 3. The molecule has 0 saturated heterocycles. The van der Waals surface area contributed by atoms with Crippen LogP contribution >= 0.6 is 0 Å². The normalized spacial score (nSPS) is 12.1. The summed E-state index contributed by atoms with van der Waals surface area (Å²) in [5.74, 6) is 0. The van der Waals surface area contributed by atoms with E-state index in [9.17, 15) is 0 Å². The average Bonchev–Trinajstić information content (AvgIpc) is 3.26. The van der Waals surface area contributed by atoms with Crippen molar-refractivity contribution in [2.24, 2.45) is 0 Å². The van der Waals surface area contributed by atoms with E-state index >= 15 is 0 Å². The van der Waals surface area contributed by atoms with Crippen molar-refractivity contribution in [1.29, 1.82) is 0 Å². The molecule has 2 heterocycles. The standard InChI is InChI=1S/C26H20N2/c1-3-12-19(4-2)27-23-17-10-8-15-21(23)26-25(27)22-16-9-11-18-24(22)28(26)20-13-6-5-7-14-20/h3-18H,1-2H2/b19-12+. The van der Waals surface area contributed by atoms with Gasteiger partial charge in [-0.2, -0.15) is 0 Å². The third-order valence-electron chi connectivity index (χ3n) is 5.24. The molecule has 2 heteroatoms. The van der Waals surface area contributed by atoms with E-state index in [1.807, 2.05) is 18.2 Å². The molecule has 3 aromatic carbocycles. The summed E-state index contributed by atoms with van der Waals surface area (Å²) < 4.78 is 4.65. The van der Waals surface area contributed by atoms with Gasteiger partial charge in [0.05, 0.1) is 22.1 Å². The van der Waals surface area contributed by atoms with Gasteiger partial charge in [-0.1, -0.05) is 73.8 Å². The number of rotatable bonds is 4. The van der Waals surface area contributed by atoms with Crippen LogP contribution in [-0.2, 0) is 0 Å². The number of aromatic nitrogens is 2. The molecule has 0 fully saturated rings. The van der Waals surface area contributed by atoms with Gasteiger partial charge < -0.3 is 9.13 Å². The second kappa shape index (κ2) is 6.43. The Hall–Kier alpha value is -3.78. The van der Waals surface area contributed by atoms with E-state index in [0.29, 0.717) is 0 Å². The molecule has 134 valence electrons. The first kappa shape index (κ1) is 16.4. The number of nitrogens with zero attached hydrogens (tertiary/aromatic N) is 2. The molecule has 0 amide bonds. The van der Waals surface area contributed by atoms with Crippen LogP contribution in [0.4, 0.5) is 0 Å². The van der Waals surface area contributed by atoms with E-state index in [4.69, 9.17) is 0 Å². The van der Waals surface area contributed by atoms with Gasteiger partial charge in [-0.3, -0.25) is 0 Å². The van der Waals surface area contributed by atoms with Crippen molar-refractivity contribution in [2.45, 2.75) is 0 Å². The summed E-state index contributed by atoms with van der Waals surface area (Å²) in [6.07, 6.45) is 5.71. The molecule has 2 nitrogen and oxygen atoms in total. The molecule has 28 heavy (non-hydrogen) atoms. The van der Waals surface area contributed by atoms with Crippen LogP contribution in [0, 0.1) is 0 Å². The SMILES string of the molecule is C=C/C=C(\C=C)n1c2ccccc2c2c1c1ccccc1n2-c1ccccc1. The first-order valence-electron chi connectivity index (χ1n) is 9.38. The van der Waals surface area contributed by atoms with Gasteiger partial charge in [0, 0.05) is 22.2 Å². The lowest BCUT2D eigenvalue weighted by atomic mass is 10.2. The number of hydrogen-bond acceptors (Lipinski definition) is 0. The molecule has 0 radical (unpaired) electrons. The summed E-state index contributed by atoms with van der Waals surface area (Å²) in [7, 11) is 0. The van der Waals surface area contributed by atoms with Gasteiger partial charge in [0.25, 0.3) is 0 Å². The van der Waals surface area contributed by atoms with E-state index in [2.05, 4.69) is 101 Å². The monoisotopic (exact) mass is 360 g/mol. The smallest absolute Gasteiger partial charge is 0.0803 e. The van der Waals surface area contributed by atoms with Crippen molar-refractivity contribution in [2.75, 3.05) is 0 Å². The number of para-hydroxylation sites is 3. The summed E-state index contributed by atoms with van der Waals surface area (Å²) in [4.78, 5) is 0. The molecule has 5 rings (SSSR count). The van der Waals surface area contributed by atoms with Gasteiger partial charge in [0.2, 0.25) is 0 Å². The maximum atomic E-state index is 4.05. The Balaban J connectivity index is 2.10. The fraction of sp³-hybridized carbons (Fsp3) is 0. The van der Waals surface area contributed by atoms with Crippen LogP contribution < -0.4 is 0 Å². The number of allylic oxidation sites excluding steroid dienone is 4. The molecule has 0 spiro atoms. The lowest BCUT2D eigenvalue weighted by molar-refractivity contribution is 1.18. The van der Waals surface area contributed by atoms with Crippen LogP contribution in [0.2, 0.25) is 0 Å². The molecule has 0 aliphatic heterocycles. The second-order valence-electron chi connectivity index (χ2n) is 6.77. The third-order valence-corrected chi connectivity index (χ3v) is 5.24. The molecule has 0 N–H and O–H groups in total. The zero-order chi connectivity index (χ0) is 19.1. The first-order chi connectivity index (χ1) is 13.8. The molecule has 0 aliphatic rings. The molecule has 0 saturated carbocycles. The van der Waals surface area contributed by atoms with Crippen molar-refractivity contribution in [1.82, 2.24) is 9.13 Å². The van der Waals surface area contributed by atoms with Crippen molar-refractivity contribution in [3.63, 3.8) is 0 Å². The second-order valence-corrected chi connectivity index (χ2v) is 6.77. The Morgan fingerprint density at radius 2 is 1.29 bits per heavy atom. The van der Waals surface area contributed by atoms with Gasteiger partial charge in [0.1, 0.15) is 0 Å². The summed E-state index contributed by atoms with van der Waals surface area (Å²) in [6, 6.07) is 27.7. The molecule has 0 bridgehead atoms. The molecule has 0 unspecified atom stereocenters. The Morgan fingerprint density at radius 3 is 1.96 bits per heavy atom. The van der Waals surface area contributed by atoms with Crippen molar-refractivity contribution < 1.29 is 0 Å². The largest absolute Gasteiger partial charge is 0.307 e. The lowest BCUT2D eigenvalue weighted by Crippen LogP contribution is -1.93. The topological polar surface area (TPSA) is 9.86 Å². The minimum absolute atomic E-state index is 1.01. The zero-order valence-corrected chi connectivity index (χ0v) is 15.5. The minimum atomic E-state index is 1.01. The fourth-order valence-electron chi connectivity index (χ4n) is 4.15. The van der Waals surface area contributed by atoms with Crippen molar-refractivity contribution in [3.8, 4) is 5.69 Å². The highest BCUT2D eigenvalue weighted by atomic mass is 15.1. The van der Waals surface area contributed by atoms with Crippen LogP contribution in [0.15, 0.2) is 110 Å². The quantitative estimate of drug-likeness (QED) is 0.307. The third kappa shape index (κ3) is 2.21. The van der Waals surface area contributed by atoms with E-state index < -0.39 is 0 Å². The van der Waals surface area contributed by atoms with E-state index in [0.717, 1.165) is 16.9 Å². The Kier molecular flexibility index (Phi) is 3.77. The Labute approximate surface area is 163 Å². The van der Waals surface area contributed by atoms with Crippen LogP contribution in [0.5, 0.6) is 0 Å². The van der Waals surface area contributed by atoms with Crippen LogP contribution in [0.3, 0.4) is 0 Å². The molecule has 0 aliphatic carbocycles. The van der Waals surface area contributed by atoms with Crippen molar-refractivity contribution >= 4 is 38.5 Å². The summed E-state index contributed by atoms with van der Waals surface area (Å²) in [6.45, 7) is 7.94. The molecular formula is C26H20N2. The Bertz CT molecular complexity index is 1370. The highest BCUT2D eigenvalue weighted by Crippen LogP contribution is 2.40. The predicted octanol–water partition coefficient (Wildman–Crippen LogP) is 6.95. The van der Waals surface area contributed by atoms with E-state index in [1.54, 1.807) is 0 Å². The first-order valence-corrected chi connectivity index (χ1v) is 9.38. The number of fused-ring (bicyclic) bond motifs is 5. The zero-order valence-electron chi connectivity index (χ0n) is 15.5. The van der Waals surface area contributed by atoms with Gasteiger partial charge >= 0.3 is 0 Å². The maximum absolute atomic E-state index is 4.05. The molecule has 5 aromatic rings. The van der Waals surface area contributed by atoms with Gasteiger partial charge in [-0.25, -0.2) is 0 Å². The van der Waals surface area contributed by atoms with Gasteiger partial charge in [-0.15, -0.1) is 0 Å². The van der Waals surface area contributed by atoms with Crippen LogP contribution in [0.25, 0.3) is 44.2 Å². The predicted molar refractivity (Wildman–Crippen MR) is 121 cm³/mol. The van der Waals surface area contributed by atoms with E-state index in [-0.39, 0.29) is 0 Å². The highest BCUT2D eigenvalue weighted by Gasteiger charge is 2.21. The summed E-state index contributed by atoms with van der Waals surface area (Å²) in [5, 5.41) is 2.43. The van der Waals surface area contributed by atoms with Gasteiger partial charge in [-0.05, 0) is 36.4 Å². The van der Waals surface area contributed by atoms with Crippen LogP contribution in [0.1, 0.15) is 0 Å². The lowest BCUT2D eigenvalue weighted by Gasteiger charge is -2.08. The van der Waals surface area contributed by atoms with Gasteiger partial charge in [0.15, 0.2) is 0 Å². The minimum Gasteiger partial charge on any atom is -0.307 e. The molecule has 2 aromatic heterocycles.